The molecular weight excluding hydrogens is 398 g/mol. The van der Waals surface area contributed by atoms with Crippen LogP contribution in [0.2, 0.25) is 0 Å². The van der Waals surface area contributed by atoms with Crippen molar-refractivity contribution in [3.8, 4) is 0 Å². The van der Waals surface area contributed by atoms with Crippen molar-refractivity contribution in [3.63, 3.8) is 0 Å². The Morgan fingerprint density at radius 2 is 1.73 bits per heavy atom. The third-order valence-corrected chi connectivity index (χ3v) is 5.40. The minimum atomic E-state index is -4.50. The Morgan fingerprint density at radius 1 is 1.00 bits per heavy atom. The van der Waals surface area contributed by atoms with Crippen LogP contribution in [0.15, 0.2) is 42.6 Å². The molecule has 1 saturated heterocycles. The van der Waals surface area contributed by atoms with Gasteiger partial charge < -0.3 is 15.5 Å². The number of halogens is 4. The summed E-state index contributed by atoms with van der Waals surface area (Å²) in [5.74, 6) is -0.928. The minimum absolute atomic E-state index is 0.182. The SMILES string of the molecule is O=C1Nc2cc(F)ccc2C1=CNc1ccc(N2CCCCCC2)c(C(F)(F)F)c1. The average Bonchev–Trinajstić information content (AvgIpc) is 2.86. The van der Waals surface area contributed by atoms with Crippen molar-refractivity contribution in [2.24, 2.45) is 0 Å². The van der Waals surface area contributed by atoms with Gasteiger partial charge in [-0.05, 0) is 49.2 Å². The zero-order chi connectivity index (χ0) is 21.3. The van der Waals surface area contributed by atoms with E-state index in [-0.39, 0.29) is 16.9 Å². The van der Waals surface area contributed by atoms with Gasteiger partial charge >= 0.3 is 6.18 Å². The van der Waals surface area contributed by atoms with E-state index in [1.54, 1.807) is 11.0 Å². The summed E-state index contributed by atoms with van der Waals surface area (Å²) in [6.07, 6.45) is 0.648. The van der Waals surface area contributed by atoms with Crippen LogP contribution in [-0.4, -0.2) is 19.0 Å². The summed E-state index contributed by atoms with van der Waals surface area (Å²) in [5.41, 5.74) is 0.756. The summed E-state index contributed by atoms with van der Waals surface area (Å²) in [5, 5.41) is 5.34. The van der Waals surface area contributed by atoms with Crippen LogP contribution in [0.3, 0.4) is 0 Å². The molecule has 158 valence electrons. The summed E-state index contributed by atoms with van der Waals surface area (Å²) in [6, 6.07) is 8.00. The maximum atomic E-state index is 13.8. The number of carbonyl (C=O) groups excluding carboxylic acids is 1. The number of alkyl halides is 3. The van der Waals surface area contributed by atoms with E-state index in [1.165, 1.54) is 30.5 Å². The number of anilines is 3. The fourth-order valence-corrected chi connectivity index (χ4v) is 3.91. The van der Waals surface area contributed by atoms with Crippen molar-refractivity contribution in [1.29, 1.82) is 0 Å². The van der Waals surface area contributed by atoms with Crippen LogP contribution >= 0.6 is 0 Å². The van der Waals surface area contributed by atoms with Crippen molar-refractivity contribution in [3.05, 3.63) is 59.5 Å². The Morgan fingerprint density at radius 3 is 2.43 bits per heavy atom. The molecule has 0 bridgehead atoms. The highest BCUT2D eigenvalue weighted by atomic mass is 19.4. The van der Waals surface area contributed by atoms with E-state index in [2.05, 4.69) is 10.6 Å². The molecule has 2 N–H and O–H groups in total. The molecule has 0 unspecified atom stereocenters. The molecule has 0 aliphatic carbocycles. The van der Waals surface area contributed by atoms with Crippen LogP contribution in [-0.2, 0) is 11.0 Å². The lowest BCUT2D eigenvalue weighted by atomic mass is 10.1. The summed E-state index contributed by atoms with van der Waals surface area (Å²) in [7, 11) is 0. The second-order valence-corrected chi connectivity index (χ2v) is 7.48. The number of hydrogen-bond acceptors (Lipinski definition) is 3. The topological polar surface area (TPSA) is 44.4 Å². The van der Waals surface area contributed by atoms with Gasteiger partial charge in [0.05, 0.1) is 16.8 Å². The Hall–Kier alpha value is -3.03. The van der Waals surface area contributed by atoms with Crippen LogP contribution in [0, 0.1) is 5.82 Å². The second kappa shape index (κ2) is 8.01. The first-order valence-electron chi connectivity index (χ1n) is 9.87. The van der Waals surface area contributed by atoms with Crippen LogP contribution in [0.1, 0.15) is 36.8 Å². The number of carbonyl (C=O) groups is 1. The van der Waals surface area contributed by atoms with E-state index in [1.807, 2.05) is 0 Å². The van der Waals surface area contributed by atoms with Gasteiger partial charge in [-0.1, -0.05) is 12.8 Å². The molecule has 1 fully saturated rings. The Balaban J connectivity index is 1.63. The number of amides is 1. The highest BCUT2D eigenvalue weighted by molar-refractivity contribution is 6.31. The Labute approximate surface area is 171 Å². The van der Waals surface area contributed by atoms with Crippen molar-refractivity contribution < 1.29 is 22.4 Å². The van der Waals surface area contributed by atoms with Crippen LogP contribution in [0.5, 0.6) is 0 Å². The fourth-order valence-electron chi connectivity index (χ4n) is 3.91. The lowest BCUT2D eigenvalue weighted by Crippen LogP contribution is -2.26. The van der Waals surface area contributed by atoms with Gasteiger partial charge in [-0.3, -0.25) is 4.79 Å². The molecule has 0 atom stereocenters. The number of nitrogens with zero attached hydrogens (tertiary/aromatic N) is 1. The lowest BCUT2D eigenvalue weighted by molar-refractivity contribution is -0.137. The van der Waals surface area contributed by atoms with Crippen molar-refractivity contribution >= 4 is 28.5 Å². The van der Waals surface area contributed by atoms with Crippen LogP contribution in [0.4, 0.5) is 34.6 Å². The molecule has 2 aliphatic heterocycles. The number of nitrogens with one attached hydrogen (secondary N) is 2. The van der Waals surface area contributed by atoms with Gasteiger partial charge in [-0.25, -0.2) is 4.39 Å². The van der Waals surface area contributed by atoms with Gasteiger partial charge in [0.2, 0.25) is 0 Å². The minimum Gasteiger partial charge on any atom is -0.371 e. The molecule has 2 aromatic carbocycles. The van der Waals surface area contributed by atoms with E-state index in [9.17, 15) is 22.4 Å². The maximum absolute atomic E-state index is 13.8. The molecule has 0 aromatic heterocycles. The van der Waals surface area contributed by atoms with Gasteiger partial charge in [0.15, 0.2) is 0 Å². The van der Waals surface area contributed by atoms with E-state index < -0.39 is 23.5 Å². The van der Waals surface area contributed by atoms with Crippen molar-refractivity contribution in [2.45, 2.75) is 31.9 Å². The highest BCUT2D eigenvalue weighted by Gasteiger charge is 2.35. The summed E-state index contributed by atoms with van der Waals surface area (Å²) in [4.78, 5) is 14.0. The van der Waals surface area contributed by atoms with E-state index in [4.69, 9.17) is 0 Å². The van der Waals surface area contributed by atoms with E-state index >= 15 is 0 Å². The molecular formula is C22H21F4N3O. The molecule has 0 radical (unpaired) electrons. The third-order valence-electron chi connectivity index (χ3n) is 5.40. The lowest BCUT2D eigenvalue weighted by Gasteiger charge is -2.26. The highest BCUT2D eigenvalue weighted by Crippen LogP contribution is 2.39. The third kappa shape index (κ3) is 4.13. The molecule has 2 heterocycles. The van der Waals surface area contributed by atoms with Gasteiger partial charge in [-0.15, -0.1) is 0 Å². The molecule has 0 spiro atoms. The first kappa shape index (κ1) is 20.3. The normalized spacial score (nSPS) is 18.2. The van der Waals surface area contributed by atoms with Crippen LogP contribution in [0.25, 0.3) is 5.57 Å². The summed E-state index contributed by atoms with van der Waals surface area (Å²) in [6.45, 7) is 1.21. The predicted octanol–water partition coefficient (Wildman–Crippen LogP) is 5.63. The van der Waals surface area contributed by atoms with Gasteiger partial charge in [-0.2, -0.15) is 13.2 Å². The molecule has 4 nitrogen and oxygen atoms in total. The van der Waals surface area contributed by atoms with Gasteiger partial charge in [0.25, 0.3) is 5.91 Å². The quantitative estimate of drug-likeness (QED) is 0.501. The largest absolute Gasteiger partial charge is 0.418 e. The number of benzene rings is 2. The summed E-state index contributed by atoms with van der Waals surface area (Å²) >= 11 is 0. The smallest absolute Gasteiger partial charge is 0.371 e. The van der Waals surface area contributed by atoms with E-state index in [0.717, 1.165) is 31.7 Å². The Kier molecular flexibility index (Phi) is 5.40. The van der Waals surface area contributed by atoms with Crippen molar-refractivity contribution in [1.82, 2.24) is 0 Å². The molecule has 30 heavy (non-hydrogen) atoms. The molecule has 4 rings (SSSR count). The molecule has 0 saturated carbocycles. The number of fused-ring (bicyclic) bond motifs is 1. The van der Waals surface area contributed by atoms with Crippen LogP contribution < -0.4 is 15.5 Å². The number of hydrogen-bond donors (Lipinski definition) is 2. The number of rotatable bonds is 3. The van der Waals surface area contributed by atoms with E-state index in [0.29, 0.717) is 24.3 Å². The first-order chi connectivity index (χ1) is 14.3. The average molecular weight is 419 g/mol. The standard InChI is InChI=1S/C22H21F4N3O/c23-14-5-7-16-17(21(30)28-19(16)11-14)13-27-15-6-8-20(18(12-15)22(24,25)26)29-9-3-1-2-4-10-29/h5-8,11-13,27H,1-4,9-10H2,(H,28,30). The fraction of sp³-hybridized carbons (Fsp3) is 0.318. The Bertz CT molecular complexity index is 992. The molecule has 1 amide bonds. The molecule has 2 aromatic rings. The maximum Gasteiger partial charge on any atom is 0.418 e. The van der Waals surface area contributed by atoms with Gasteiger partial charge in [0, 0.05) is 36.2 Å². The molecule has 2 aliphatic rings. The van der Waals surface area contributed by atoms with Crippen molar-refractivity contribution in [2.75, 3.05) is 28.6 Å². The van der Waals surface area contributed by atoms with Gasteiger partial charge in [0.1, 0.15) is 5.82 Å². The molecule has 8 heteroatoms. The first-order valence-corrected chi connectivity index (χ1v) is 9.87. The zero-order valence-corrected chi connectivity index (χ0v) is 16.2. The zero-order valence-electron chi connectivity index (χ0n) is 16.2. The summed E-state index contributed by atoms with van der Waals surface area (Å²) < 4.78 is 54.6. The predicted molar refractivity (Wildman–Crippen MR) is 109 cm³/mol. The monoisotopic (exact) mass is 419 g/mol. The second-order valence-electron chi connectivity index (χ2n) is 7.48.